The van der Waals surface area contributed by atoms with Gasteiger partial charge in [-0.2, -0.15) is 0 Å². The predicted molar refractivity (Wildman–Crippen MR) is 58.8 cm³/mol. The molecule has 1 unspecified atom stereocenters. The van der Waals surface area contributed by atoms with E-state index in [9.17, 15) is 4.79 Å². The first-order valence-electron chi connectivity index (χ1n) is 5.69. The van der Waals surface area contributed by atoms with E-state index in [4.69, 9.17) is 4.74 Å². The van der Waals surface area contributed by atoms with Crippen molar-refractivity contribution in [3.05, 3.63) is 11.6 Å². The molecule has 1 aliphatic heterocycles. The van der Waals surface area contributed by atoms with Crippen molar-refractivity contribution >= 4 is 5.78 Å². The molecule has 2 atom stereocenters. The minimum absolute atomic E-state index is 0.0677. The molecule has 3 heteroatoms. The van der Waals surface area contributed by atoms with Gasteiger partial charge in [-0.1, -0.05) is 11.6 Å². The van der Waals surface area contributed by atoms with Crippen LogP contribution in [0.1, 0.15) is 32.6 Å². The maximum atomic E-state index is 12.0. The van der Waals surface area contributed by atoms with Crippen molar-refractivity contribution in [1.29, 1.82) is 0 Å². The Bertz CT molecular complexity index is 292. The molecule has 1 fully saturated rings. The Morgan fingerprint density at radius 1 is 1.73 bits per heavy atom. The molecule has 1 aliphatic carbocycles. The first-order valence-corrected chi connectivity index (χ1v) is 5.69. The van der Waals surface area contributed by atoms with Crippen LogP contribution in [0.25, 0.3) is 0 Å². The van der Waals surface area contributed by atoms with Crippen molar-refractivity contribution < 1.29 is 9.53 Å². The van der Waals surface area contributed by atoms with Gasteiger partial charge in [0.25, 0.3) is 0 Å². The van der Waals surface area contributed by atoms with Crippen molar-refractivity contribution in [2.45, 2.75) is 44.2 Å². The SMILES string of the molecule is CN[C@@H](CC1=CCCC1)C(=O)C1(C)CO1. The van der Waals surface area contributed by atoms with Crippen LogP contribution in [-0.2, 0) is 9.53 Å². The molecule has 0 aromatic heterocycles. The van der Waals surface area contributed by atoms with Crippen LogP contribution < -0.4 is 5.32 Å². The highest BCUT2D eigenvalue weighted by Crippen LogP contribution is 2.31. The summed E-state index contributed by atoms with van der Waals surface area (Å²) in [5, 5.41) is 3.10. The highest BCUT2D eigenvalue weighted by molar-refractivity contribution is 5.94. The molecule has 2 rings (SSSR count). The molecular formula is C12H19NO2. The van der Waals surface area contributed by atoms with Crippen molar-refractivity contribution in [2.24, 2.45) is 0 Å². The number of ether oxygens (including phenoxy) is 1. The number of hydrogen-bond donors (Lipinski definition) is 1. The minimum Gasteiger partial charge on any atom is -0.362 e. The Balaban J connectivity index is 1.94. The number of nitrogens with one attached hydrogen (secondary N) is 1. The second-order valence-corrected chi connectivity index (χ2v) is 4.68. The summed E-state index contributed by atoms with van der Waals surface area (Å²) in [6, 6.07) is -0.0677. The number of rotatable bonds is 5. The summed E-state index contributed by atoms with van der Waals surface area (Å²) in [5.41, 5.74) is 0.930. The molecule has 0 saturated carbocycles. The molecule has 15 heavy (non-hydrogen) atoms. The number of carbonyl (C=O) groups excluding carboxylic acids is 1. The van der Waals surface area contributed by atoms with Gasteiger partial charge in [-0.25, -0.2) is 0 Å². The molecule has 0 amide bonds. The second kappa shape index (κ2) is 4.06. The molecular weight excluding hydrogens is 190 g/mol. The summed E-state index contributed by atoms with van der Waals surface area (Å²) in [7, 11) is 1.85. The van der Waals surface area contributed by atoms with Crippen molar-refractivity contribution in [2.75, 3.05) is 13.7 Å². The summed E-state index contributed by atoms with van der Waals surface area (Å²) in [4.78, 5) is 12.0. The van der Waals surface area contributed by atoms with Crippen LogP contribution in [0.15, 0.2) is 11.6 Å². The molecule has 0 aromatic rings. The van der Waals surface area contributed by atoms with E-state index in [0.717, 1.165) is 12.8 Å². The Morgan fingerprint density at radius 2 is 2.47 bits per heavy atom. The largest absolute Gasteiger partial charge is 0.362 e. The Labute approximate surface area is 90.9 Å². The highest BCUT2D eigenvalue weighted by atomic mass is 16.6. The fraction of sp³-hybridized carbons (Fsp3) is 0.750. The van der Waals surface area contributed by atoms with E-state index in [2.05, 4.69) is 11.4 Å². The minimum atomic E-state index is -0.493. The van der Waals surface area contributed by atoms with Gasteiger partial charge in [-0.15, -0.1) is 0 Å². The lowest BCUT2D eigenvalue weighted by Crippen LogP contribution is -2.41. The monoisotopic (exact) mass is 209 g/mol. The van der Waals surface area contributed by atoms with Crippen LogP contribution in [-0.4, -0.2) is 31.1 Å². The van der Waals surface area contributed by atoms with Crippen molar-refractivity contribution in [3.8, 4) is 0 Å². The molecule has 3 nitrogen and oxygen atoms in total. The molecule has 1 N–H and O–H groups in total. The lowest BCUT2D eigenvalue weighted by molar-refractivity contribution is -0.125. The molecule has 0 bridgehead atoms. The lowest BCUT2D eigenvalue weighted by atomic mass is 9.95. The van der Waals surface area contributed by atoms with E-state index >= 15 is 0 Å². The molecule has 0 spiro atoms. The second-order valence-electron chi connectivity index (χ2n) is 4.68. The maximum absolute atomic E-state index is 12.0. The summed E-state index contributed by atoms with van der Waals surface area (Å²) in [6.45, 7) is 2.46. The first-order chi connectivity index (χ1) is 7.15. The van der Waals surface area contributed by atoms with Gasteiger partial charge in [0.2, 0.25) is 0 Å². The van der Waals surface area contributed by atoms with E-state index in [0.29, 0.717) is 6.61 Å². The van der Waals surface area contributed by atoms with Crippen LogP contribution in [0.2, 0.25) is 0 Å². The smallest absolute Gasteiger partial charge is 0.183 e. The van der Waals surface area contributed by atoms with E-state index in [-0.39, 0.29) is 11.8 Å². The topological polar surface area (TPSA) is 41.6 Å². The number of hydrogen-bond acceptors (Lipinski definition) is 3. The normalized spacial score (nSPS) is 31.2. The number of allylic oxidation sites excluding steroid dienone is 1. The van der Waals surface area contributed by atoms with E-state index in [1.165, 1.54) is 18.4 Å². The maximum Gasteiger partial charge on any atom is 0.183 e. The van der Waals surface area contributed by atoms with E-state index in [1.54, 1.807) is 0 Å². The van der Waals surface area contributed by atoms with Crippen LogP contribution in [0.4, 0.5) is 0 Å². The Kier molecular flexibility index (Phi) is 2.94. The summed E-state index contributed by atoms with van der Waals surface area (Å²) in [5.74, 6) is 0.206. The third kappa shape index (κ3) is 2.29. The quantitative estimate of drug-likeness (QED) is 0.550. The van der Waals surface area contributed by atoms with Gasteiger partial charge in [0.15, 0.2) is 5.78 Å². The number of likely N-dealkylation sites (N-methyl/N-ethyl adjacent to an activating group) is 1. The standard InChI is InChI=1S/C12H19NO2/c1-12(8-15-12)11(14)10(13-2)7-9-5-3-4-6-9/h5,10,13H,3-4,6-8H2,1-2H3/t10-,12?/m0/s1. The average Bonchev–Trinajstić information content (AvgIpc) is 2.80. The zero-order chi connectivity index (χ0) is 10.9. The van der Waals surface area contributed by atoms with Gasteiger partial charge in [-0.05, 0) is 39.7 Å². The summed E-state index contributed by atoms with van der Waals surface area (Å²) < 4.78 is 5.20. The molecule has 0 aromatic carbocycles. The van der Waals surface area contributed by atoms with Gasteiger partial charge in [-0.3, -0.25) is 4.79 Å². The average molecular weight is 209 g/mol. The third-order valence-electron chi connectivity index (χ3n) is 3.36. The van der Waals surface area contributed by atoms with Gasteiger partial charge in [0, 0.05) is 0 Å². The Hall–Kier alpha value is -0.670. The van der Waals surface area contributed by atoms with Crippen LogP contribution in [0.3, 0.4) is 0 Å². The van der Waals surface area contributed by atoms with Gasteiger partial charge >= 0.3 is 0 Å². The van der Waals surface area contributed by atoms with Crippen molar-refractivity contribution in [1.82, 2.24) is 5.32 Å². The molecule has 1 heterocycles. The lowest BCUT2D eigenvalue weighted by Gasteiger charge is -2.17. The van der Waals surface area contributed by atoms with Crippen molar-refractivity contribution in [3.63, 3.8) is 0 Å². The van der Waals surface area contributed by atoms with Gasteiger partial charge in [0.05, 0.1) is 12.6 Å². The van der Waals surface area contributed by atoms with E-state index < -0.39 is 5.60 Å². The van der Waals surface area contributed by atoms with Crippen LogP contribution in [0, 0.1) is 0 Å². The fourth-order valence-electron chi connectivity index (χ4n) is 2.13. The van der Waals surface area contributed by atoms with Crippen LogP contribution >= 0.6 is 0 Å². The predicted octanol–water partition coefficient (Wildman–Crippen LogP) is 1.43. The molecule has 84 valence electrons. The van der Waals surface area contributed by atoms with E-state index in [1.807, 2.05) is 14.0 Å². The molecule has 1 saturated heterocycles. The van der Waals surface area contributed by atoms with Gasteiger partial charge < -0.3 is 10.1 Å². The third-order valence-corrected chi connectivity index (χ3v) is 3.36. The molecule has 2 aliphatic rings. The molecule has 0 radical (unpaired) electrons. The fourth-order valence-corrected chi connectivity index (χ4v) is 2.13. The number of ketones is 1. The highest BCUT2D eigenvalue weighted by Gasteiger charge is 2.49. The summed E-state index contributed by atoms with van der Waals surface area (Å²) >= 11 is 0. The zero-order valence-electron chi connectivity index (χ0n) is 9.51. The van der Waals surface area contributed by atoms with Crippen LogP contribution in [0.5, 0.6) is 0 Å². The number of epoxide rings is 1. The first kappa shape index (κ1) is 10.8. The Morgan fingerprint density at radius 3 is 2.93 bits per heavy atom. The number of carbonyl (C=O) groups is 1. The summed E-state index contributed by atoms with van der Waals surface area (Å²) in [6.07, 6.45) is 6.70. The zero-order valence-corrected chi connectivity index (χ0v) is 9.51. The van der Waals surface area contributed by atoms with Gasteiger partial charge in [0.1, 0.15) is 5.60 Å². The number of Topliss-reactive ketones (excluding diaryl/α,β-unsaturated/α-hetero) is 1.